The van der Waals surface area contributed by atoms with E-state index >= 15 is 0 Å². The number of nitrogens with zero attached hydrogens (tertiary/aromatic N) is 1. The fourth-order valence-corrected chi connectivity index (χ4v) is 2.01. The van der Waals surface area contributed by atoms with Crippen LogP contribution in [0.15, 0.2) is 36.4 Å². The van der Waals surface area contributed by atoms with Gasteiger partial charge in [0.2, 0.25) is 0 Å². The molecule has 5 heteroatoms. The van der Waals surface area contributed by atoms with E-state index in [0.29, 0.717) is 17.8 Å². The number of likely N-dealkylation sites (N-methyl/N-ethyl adjacent to an activating group) is 1. The van der Waals surface area contributed by atoms with Gasteiger partial charge in [0.05, 0.1) is 0 Å². The molecule has 0 saturated carbocycles. The Morgan fingerprint density at radius 1 is 1.11 bits per heavy atom. The zero-order valence-corrected chi connectivity index (χ0v) is 11.2. The van der Waals surface area contributed by atoms with Crippen molar-refractivity contribution in [1.29, 1.82) is 0 Å². The van der Waals surface area contributed by atoms with Crippen LogP contribution in [0.3, 0.4) is 0 Å². The predicted molar refractivity (Wildman–Crippen MR) is 77.8 cm³/mol. The second-order valence-corrected chi connectivity index (χ2v) is 4.72. The van der Waals surface area contributed by atoms with E-state index in [1.54, 1.807) is 6.07 Å². The van der Waals surface area contributed by atoms with Crippen LogP contribution in [0.2, 0.25) is 0 Å². The Balaban J connectivity index is 2.35. The zero-order chi connectivity index (χ0) is 13.8. The molecule has 4 nitrogen and oxygen atoms in total. The van der Waals surface area contributed by atoms with Crippen molar-refractivity contribution in [2.24, 2.45) is 0 Å². The standard InChI is InChI=1S/C14H18BNO3/c1-16(2)9-10-19-13-8-7-11-5-3-4-6-12(11)14(13)15(17)18/h3-8,17-18H,9-10H2,1-2H3. The smallest absolute Gasteiger partial charge is 0.492 e. The molecule has 0 heterocycles. The van der Waals surface area contributed by atoms with E-state index in [9.17, 15) is 10.0 Å². The number of fused-ring (bicyclic) bond motifs is 1. The molecular formula is C14H18BNO3. The summed E-state index contributed by atoms with van der Waals surface area (Å²) in [6.07, 6.45) is 0. The van der Waals surface area contributed by atoms with E-state index in [-0.39, 0.29) is 0 Å². The van der Waals surface area contributed by atoms with Gasteiger partial charge in [0, 0.05) is 12.0 Å². The molecule has 0 bridgehead atoms. The van der Waals surface area contributed by atoms with Crippen LogP contribution in [0.25, 0.3) is 10.8 Å². The molecule has 100 valence electrons. The summed E-state index contributed by atoms with van der Waals surface area (Å²) in [6, 6.07) is 11.3. The summed E-state index contributed by atoms with van der Waals surface area (Å²) in [4.78, 5) is 2.01. The van der Waals surface area contributed by atoms with Gasteiger partial charge in [-0.15, -0.1) is 0 Å². The van der Waals surface area contributed by atoms with Crippen LogP contribution < -0.4 is 10.2 Å². The minimum atomic E-state index is -1.54. The van der Waals surface area contributed by atoms with Crippen LogP contribution in [-0.4, -0.2) is 49.3 Å². The van der Waals surface area contributed by atoms with Gasteiger partial charge < -0.3 is 19.7 Å². The molecule has 2 aromatic rings. The molecule has 0 amide bonds. The largest absolute Gasteiger partial charge is 0.493 e. The number of ether oxygens (including phenoxy) is 1. The Morgan fingerprint density at radius 2 is 1.84 bits per heavy atom. The van der Waals surface area contributed by atoms with Crippen LogP contribution in [0.4, 0.5) is 0 Å². The number of benzene rings is 2. The Bertz CT molecular complexity index is 557. The lowest BCUT2D eigenvalue weighted by Crippen LogP contribution is -2.33. The maximum atomic E-state index is 9.58. The molecular weight excluding hydrogens is 241 g/mol. The lowest BCUT2D eigenvalue weighted by atomic mass is 9.76. The average molecular weight is 259 g/mol. The van der Waals surface area contributed by atoms with E-state index in [1.807, 2.05) is 49.3 Å². The molecule has 0 aromatic heterocycles. The van der Waals surface area contributed by atoms with Crippen LogP contribution in [0.1, 0.15) is 0 Å². The van der Waals surface area contributed by atoms with Crippen molar-refractivity contribution >= 4 is 23.4 Å². The molecule has 2 aromatic carbocycles. The molecule has 0 fully saturated rings. The van der Waals surface area contributed by atoms with Crippen LogP contribution in [0, 0.1) is 0 Å². The molecule has 19 heavy (non-hydrogen) atoms. The Morgan fingerprint density at radius 3 is 2.53 bits per heavy atom. The highest BCUT2D eigenvalue weighted by atomic mass is 16.5. The Labute approximate surface area is 113 Å². The summed E-state index contributed by atoms with van der Waals surface area (Å²) >= 11 is 0. The third-order valence-corrected chi connectivity index (χ3v) is 2.98. The second-order valence-electron chi connectivity index (χ2n) is 4.72. The second kappa shape index (κ2) is 6.06. The monoisotopic (exact) mass is 259 g/mol. The van der Waals surface area contributed by atoms with Gasteiger partial charge in [-0.1, -0.05) is 30.3 Å². The van der Waals surface area contributed by atoms with Gasteiger partial charge >= 0.3 is 7.12 Å². The van der Waals surface area contributed by atoms with Crippen molar-refractivity contribution in [2.75, 3.05) is 27.2 Å². The summed E-state index contributed by atoms with van der Waals surface area (Å²) in [5.74, 6) is 0.524. The number of hydrogen-bond donors (Lipinski definition) is 2. The summed E-state index contributed by atoms with van der Waals surface area (Å²) in [5, 5.41) is 20.9. The Hall–Kier alpha value is -1.56. The van der Waals surface area contributed by atoms with Crippen LogP contribution >= 0.6 is 0 Å². The van der Waals surface area contributed by atoms with E-state index in [2.05, 4.69) is 0 Å². The normalized spacial score (nSPS) is 11.0. The fourth-order valence-electron chi connectivity index (χ4n) is 2.01. The molecule has 0 aliphatic rings. The van der Waals surface area contributed by atoms with Crippen molar-refractivity contribution < 1.29 is 14.8 Å². The highest BCUT2D eigenvalue weighted by molar-refractivity contribution is 6.63. The molecule has 0 aliphatic heterocycles. The minimum Gasteiger partial charge on any atom is -0.493 e. The summed E-state index contributed by atoms with van der Waals surface area (Å²) in [5.41, 5.74) is 0.428. The minimum absolute atomic E-state index is 0.428. The Kier molecular flexibility index (Phi) is 4.42. The molecule has 0 aliphatic carbocycles. The summed E-state index contributed by atoms with van der Waals surface area (Å²) in [6.45, 7) is 1.28. The van der Waals surface area contributed by atoms with Gasteiger partial charge in [-0.3, -0.25) is 0 Å². The first-order chi connectivity index (χ1) is 9.09. The van der Waals surface area contributed by atoms with Crippen molar-refractivity contribution in [3.05, 3.63) is 36.4 Å². The first kappa shape index (κ1) is 13.9. The predicted octanol–water partition coefficient (Wildman–Crippen LogP) is 0.460. The van der Waals surface area contributed by atoms with Crippen LogP contribution in [0.5, 0.6) is 5.75 Å². The molecule has 0 spiro atoms. The van der Waals surface area contributed by atoms with E-state index in [4.69, 9.17) is 4.74 Å². The van der Waals surface area contributed by atoms with E-state index in [0.717, 1.165) is 17.3 Å². The third-order valence-electron chi connectivity index (χ3n) is 2.98. The highest BCUT2D eigenvalue weighted by Crippen LogP contribution is 2.19. The number of rotatable bonds is 5. The molecule has 2 rings (SSSR count). The van der Waals surface area contributed by atoms with Crippen molar-refractivity contribution in [1.82, 2.24) is 4.90 Å². The van der Waals surface area contributed by atoms with E-state index < -0.39 is 7.12 Å². The quantitative estimate of drug-likeness (QED) is 0.766. The average Bonchev–Trinajstić information content (AvgIpc) is 2.37. The van der Waals surface area contributed by atoms with Gasteiger partial charge in [-0.25, -0.2) is 0 Å². The van der Waals surface area contributed by atoms with Gasteiger partial charge in [0.15, 0.2) is 0 Å². The molecule has 0 radical (unpaired) electrons. The van der Waals surface area contributed by atoms with E-state index in [1.165, 1.54) is 0 Å². The zero-order valence-electron chi connectivity index (χ0n) is 11.2. The highest BCUT2D eigenvalue weighted by Gasteiger charge is 2.20. The van der Waals surface area contributed by atoms with Gasteiger partial charge in [-0.2, -0.15) is 0 Å². The molecule has 0 atom stereocenters. The molecule has 0 saturated heterocycles. The molecule has 0 unspecified atom stereocenters. The SMILES string of the molecule is CN(C)CCOc1ccc2ccccc2c1B(O)O. The lowest BCUT2D eigenvalue weighted by Gasteiger charge is -2.15. The topological polar surface area (TPSA) is 52.9 Å². The fraction of sp³-hybridized carbons (Fsp3) is 0.286. The summed E-state index contributed by atoms with van der Waals surface area (Å²) in [7, 11) is 2.39. The van der Waals surface area contributed by atoms with Crippen molar-refractivity contribution in [2.45, 2.75) is 0 Å². The number of hydrogen-bond acceptors (Lipinski definition) is 4. The first-order valence-corrected chi connectivity index (χ1v) is 6.25. The maximum Gasteiger partial charge on any atom is 0.492 e. The van der Waals surface area contributed by atoms with Crippen molar-refractivity contribution in [3.8, 4) is 5.75 Å². The molecule has 2 N–H and O–H groups in total. The maximum absolute atomic E-state index is 9.58. The summed E-state index contributed by atoms with van der Waals surface area (Å²) < 4.78 is 5.66. The first-order valence-electron chi connectivity index (χ1n) is 6.25. The van der Waals surface area contributed by atoms with Gasteiger partial charge in [-0.05, 0) is 30.9 Å². The van der Waals surface area contributed by atoms with Crippen LogP contribution in [-0.2, 0) is 0 Å². The lowest BCUT2D eigenvalue weighted by molar-refractivity contribution is 0.262. The van der Waals surface area contributed by atoms with Gasteiger partial charge in [0.25, 0.3) is 0 Å². The van der Waals surface area contributed by atoms with Gasteiger partial charge in [0.1, 0.15) is 12.4 Å². The van der Waals surface area contributed by atoms with Crippen molar-refractivity contribution in [3.63, 3.8) is 0 Å². The third kappa shape index (κ3) is 3.26.